The Morgan fingerprint density at radius 2 is 1.36 bits per heavy atom. The first-order valence-electron chi connectivity index (χ1n) is 14.4. The number of aliphatic hydroxyl groups excluding tert-OH is 1. The number of phosphoric acid groups is 1. The molecule has 0 aromatic carbocycles. The number of carbonyl (C=O) groups excluding carboxylic acids is 1. The molecule has 1 amide bonds. The average Bonchev–Trinajstić information content (AvgIpc) is 2.79. The predicted molar refractivity (Wildman–Crippen MR) is 146 cm³/mol. The molecular weight excluding hydrogens is 479 g/mol. The molecule has 2 N–H and O–H groups in total. The quantitative estimate of drug-likeness (QED) is 0.0929. The number of rotatable bonds is 25. The fourth-order valence-electron chi connectivity index (χ4n) is 3.92. The van der Waals surface area contributed by atoms with Gasteiger partial charge in [0.05, 0.1) is 39.9 Å². The SMILES string of the molecule is CCCCCCCCCCCC(O)C(COP(=O)([O-])OCC[N+](C)(C)C)NC(=O)CCCCCCC. The van der Waals surface area contributed by atoms with E-state index >= 15 is 0 Å². The van der Waals surface area contributed by atoms with Gasteiger partial charge in [0.15, 0.2) is 0 Å². The van der Waals surface area contributed by atoms with E-state index < -0.39 is 20.0 Å². The fraction of sp³-hybridized carbons (Fsp3) is 0.963. The lowest BCUT2D eigenvalue weighted by Gasteiger charge is -2.30. The minimum absolute atomic E-state index is 0.0139. The topological polar surface area (TPSA) is 108 Å². The number of unbranched alkanes of at least 4 members (excludes halogenated alkanes) is 12. The third-order valence-electron chi connectivity index (χ3n) is 6.35. The minimum Gasteiger partial charge on any atom is -0.756 e. The van der Waals surface area contributed by atoms with Gasteiger partial charge in [-0.05, 0) is 12.8 Å². The van der Waals surface area contributed by atoms with Crippen molar-refractivity contribution in [1.82, 2.24) is 5.32 Å². The lowest BCUT2D eigenvalue weighted by atomic mass is 10.0. The van der Waals surface area contributed by atoms with Crippen molar-refractivity contribution >= 4 is 13.7 Å². The Hall–Kier alpha value is -0.500. The van der Waals surface area contributed by atoms with Crippen molar-refractivity contribution < 1.29 is 32.9 Å². The molecule has 0 heterocycles. The molecule has 0 aliphatic carbocycles. The number of amides is 1. The largest absolute Gasteiger partial charge is 0.756 e. The highest BCUT2D eigenvalue weighted by Crippen LogP contribution is 2.38. The number of quaternary nitrogens is 1. The van der Waals surface area contributed by atoms with Gasteiger partial charge < -0.3 is 28.8 Å². The maximum absolute atomic E-state index is 12.5. The van der Waals surface area contributed by atoms with E-state index in [1.165, 1.54) is 38.5 Å². The molecule has 0 aromatic rings. The van der Waals surface area contributed by atoms with Crippen LogP contribution in [0.2, 0.25) is 0 Å². The van der Waals surface area contributed by atoms with Crippen LogP contribution in [-0.2, 0) is 18.4 Å². The molecule has 0 saturated heterocycles. The van der Waals surface area contributed by atoms with Gasteiger partial charge >= 0.3 is 0 Å². The first-order chi connectivity index (χ1) is 17.0. The highest BCUT2D eigenvalue weighted by atomic mass is 31.2. The number of carbonyl (C=O) groups is 1. The second kappa shape index (κ2) is 21.4. The lowest BCUT2D eigenvalue weighted by molar-refractivity contribution is -0.870. The van der Waals surface area contributed by atoms with E-state index in [-0.39, 0.29) is 19.1 Å². The Morgan fingerprint density at radius 1 is 0.861 bits per heavy atom. The number of nitrogens with one attached hydrogen (secondary N) is 1. The second-order valence-corrected chi connectivity index (χ2v) is 12.5. The molecule has 0 fully saturated rings. The molecule has 9 heteroatoms. The third-order valence-corrected chi connectivity index (χ3v) is 7.31. The molecular formula is C27H57N2O6P. The van der Waals surface area contributed by atoms with Gasteiger partial charge in [0.2, 0.25) is 5.91 Å². The molecule has 0 aliphatic heterocycles. The van der Waals surface area contributed by atoms with Crippen molar-refractivity contribution in [2.75, 3.05) is 40.9 Å². The molecule has 3 atom stereocenters. The summed E-state index contributed by atoms with van der Waals surface area (Å²) in [5, 5.41) is 13.6. The standard InChI is InChI=1S/C27H57N2O6P/c1-6-8-10-12-13-14-15-17-18-20-26(30)25(28-27(31)21-19-16-11-9-7-2)24-35-36(32,33)34-23-22-29(3,4)5/h25-26,30H,6-24H2,1-5H3,(H-,28,31,32,33). The van der Waals surface area contributed by atoms with E-state index in [0.29, 0.717) is 23.9 Å². The van der Waals surface area contributed by atoms with Crippen molar-refractivity contribution in [3.05, 3.63) is 0 Å². The van der Waals surface area contributed by atoms with Gasteiger partial charge in [-0.1, -0.05) is 97.3 Å². The summed E-state index contributed by atoms with van der Waals surface area (Å²) in [6, 6.07) is -0.786. The number of hydrogen-bond donors (Lipinski definition) is 2. The Kier molecular flexibility index (Phi) is 21.1. The van der Waals surface area contributed by atoms with Gasteiger partial charge in [-0.3, -0.25) is 9.36 Å². The molecule has 0 radical (unpaired) electrons. The highest BCUT2D eigenvalue weighted by Gasteiger charge is 2.24. The van der Waals surface area contributed by atoms with Crippen LogP contribution >= 0.6 is 7.82 Å². The Balaban J connectivity index is 4.60. The zero-order chi connectivity index (χ0) is 27.3. The van der Waals surface area contributed by atoms with E-state index in [0.717, 1.165) is 51.4 Å². The maximum atomic E-state index is 12.5. The van der Waals surface area contributed by atoms with Crippen LogP contribution in [0.1, 0.15) is 117 Å². The van der Waals surface area contributed by atoms with E-state index in [9.17, 15) is 19.4 Å². The third kappa shape index (κ3) is 22.7. The van der Waals surface area contributed by atoms with Crippen molar-refractivity contribution in [1.29, 1.82) is 0 Å². The van der Waals surface area contributed by atoms with Gasteiger partial charge in [-0.25, -0.2) is 0 Å². The van der Waals surface area contributed by atoms with Gasteiger partial charge in [-0.2, -0.15) is 0 Å². The maximum Gasteiger partial charge on any atom is 0.268 e. The summed E-state index contributed by atoms with van der Waals surface area (Å²) < 4.78 is 22.8. The molecule has 0 bridgehead atoms. The molecule has 3 unspecified atom stereocenters. The minimum atomic E-state index is -4.52. The predicted octanol–water partition coefficient (Wildman–Crippen LogP) is 5.32. The number of hydrogen-bond acceptors (Lipinski definition) is 6. The zero-order valence-corrected chi connectivity index (χ0v) is 24.9. The van der Waals surface area contributed by atoms with Crippen molar-refractivity contribution in [2.45, 2.75) is 129 Å². The molecule has 36 heavy (non-hydrogen) atoms. The fourth-order valence-corrected chi connectivity index (χ4v) is 4.64. The van der Waals surface area contributed by atoms with Crippen LogP contribution in [-0.4, -0.2) is 68.5 Å². The van der Waals surface area contributed by atoms with Crippen molar-refractivity contribution in [3.8, 4) is 0 Å². The van der Waals surface area contributed by atoms with Crippen LogP contribution in [0, 0.1) is 0 Å². The van der Waals surface area contributed by atoms with Crippen LogP contribution in [0.3, 0.4) is 0 Å². The molecule has 216 valence electrons. The van der Waals surface area contributed by atoms with Gasteiger partial charge in [0.25, 0.3) is 7.82 Å². The Labute approximate surface area is 221 Å². The number of nitrogens with zero attached hydrogens (tertiary/aromatic N) is 1. The van der Waals surface area contributed by atoms with Crippen LogP contribution < -0.4 is 10.2 Å². The summed E-state index contributed by atoms with van der Waals surface area (Å²) in [5.41, 5.74) is 0. The van der Waals surface area contributed by atoms with Gasteiger partial charge in [0.1, 0.15) is 13.2 Å². The number of aliphatic hydroxyl groups is 1. The second-order valence-electron chi connectivity index (χ2n) is 11.1. The molecule has 8 nitrogen and oxygen atoms in total. The molecule has 0 spiro atoms. The monoisotopic (exact) mass is 536 g/mol. The summed E-state index contributed by atoms with van der Waals surface area (Å²) in [7, 11) is 1.30. The molecule has 0 aromatic heterocycles. The first-order valence-corrected chi connectivity index (χ1v) is 15.8. The summed E-state index contributed by atoms with van der Waals surface area (Å²) >= 11 is 0. The summed E-state index contributed by atoms with van der Waals surface area (Å²) in [6.07, 6.45) is 15.7. The average molecular weight is 537 g/mol. The zero-order valence-electron chi connectivity index (χ0n) is 24.0. The van der Waals surface area contributed by atoms with E-state index in [4.69, 9.17) is 9.05 Å². The summed E-state index contributed by atoms with van der Waals surface area (Å²) in [5.74, 6) is -0.182. The summed E-state index contributed by atoms with van der Waals surface area (Å²) in [6.45, 7) is 4.56. The Morgan fingerprint density at radius 3 is 1.89 bits per heavy atom. The van der Waals surface area contributed by atoms with Crippen LogP contribution in [0.4, 0.5) is 0 Å². The van der Waals surface area contributed by atoms with Gasteiger partial charge in [-0.15, -0.1) is 0 Å². The van der Waals surface area contributed by atoms with E-state index in [1.54, 1.807) is 0 Å². The molecule has 0 saturated carbocycles. The smallest absolute Gasteiger partial charge is 0.268 e. The number of likely N-dealkylation sites (N-methyl/N-ethyl adjacent to an activating group) is 1. The number of phosphoric ester groups is 1. The molecule has 0 rings (SSSR count). The van der Waals surface area contributed by atoms with Crippen LogP contribution in [0.5, 0.6) is 0 Å². The van der Waals surface area contributed by atoms with E-state index in [2.05, 4.69) is 19.2 Å². The Bertz CT molecular complexity index is 585. The normalized spacial score (nSPS) is 15.4. The first kappa shape index (κ1) is 35.5. The summed E-state index contributed by atoms with van der Waals surface area (Å²) in [4.78, 5) is 24.7. The van der Waals surface area contributed by atoms with Gasteiger partial charge in [0, 0.05) is 6.42 Å². The molecule has 0 aliphatic rings. The van der Waals surface area contributed by atoms with Crippen LogP contribution in [0.15, 0.2) is 0 Å². The van der Waals surface area contributed by atoms with Crippen molar-refractivity contribution in [2.24, 2.45) is 0 Å². The van der Waals surface area contributed by atoms with E-state index in [1.807, 2.05) is 21.1 Å². The van der Waals surface area contributed by atoms with Crippen molar-refractivity contribution in [3.63, 3.8) is 0 Å². The van der Waals surface area contributed by atoms with Crippen LogP contribution in [0.25, 0.3) is 0 Å². The lowest BCUT2D eigenvalue weighted by Crippen LogP contribution is -2.46. The highest BCUT2D eigenvalue weighted by molar-refractivity contribution is 7.45.